The van der Waals surface area contributed by atoms with Crippen molar-refractivity contribution in [2.24, 2.45) is 11.8 Å². The maximum atomic E-state index is 12.7. The molecular formula is C30H36N4O6. The number of aliphatic hydroxyl groups is 1. The molecule has 2 aromatic carbocycles. The van der Waals surface area contributed by atoms with E-state index in [4.69, 9.17) is 4.74 Å². The van der Waals surface area contributed by atoms with E-state index in [1.165, 1.54) is 12.1 Å². The number of aromatic nitrogens is 1. The van der Waals surface area contributed by atoms with Crippen molar-refractivity contribution in [2.75, 3.05) is 26.7 Å². The second kappa shape index (κ2) is 12.2. The summed E-state index contributed by atoms with van der Waals surface area (Å²) in [7, 11) is 2.07. The third kappa shape index (κ3) is 5.89. The number of nitrogens with zero attached hydrogens (tertiary/aromatic N) is 1. The number of fused-ring (bicyclic) bond motifs is 3. The molecule has 2 bridgehead atoms. The van der Waals surface area contributed by atoms with E-state index in [0.717, 1.165) is 31.4 Å². The summed E-state index contributed by atoms with van der Waals surface area (Å²) in [5.41, 5.74) is 2.12. The first-order chi connectivity index (χ1) is 19.4. The normalized spacial score (nSPS) is 22.5. The smallest absolute Gasteiger partial charge is 0.293 e. The van der Waals surface area contributed by atoms with Gasteiger partial charge in [0.25, 0.3) is 12.4 Å². The van der Waals surface area contributed by atoms with Gasteiger partial charge in [0.1, 0.15) is 11.9 Å². The summed E-state index contributed by atoms with van der Waals surface area (Å²) in [5, 5.41) is 27.6. The molecular weight excluding hydrogens is 512 g/mol. The molecule has 0 spiro atoms. The Hall–Kier alpha value is -3.73. The predicted octanol–water partition coefficient (Wildman–Crippen LogP) is 2.06. The average molecular weight is 549 g/mol. The van der Waals surface area contributed by atoms with E-state index in [9.17, 15) is 24.6 Å². The zero-order chi connectivity index (χ0) is 28.2. The number of phenols is 1. The van der Waals surface area contributed by atoms with Crippen LogP contribution >= 0.6 is 0 Å². The molecule has 2 aliphatic rings. The maximum Gasteiger partial charge on any atom is 0.293 e. The third-order valence-corrected chi connectivity index (χ3v) is 8.47. The number of hydrogen-bond acceptors (Lipinski definition) is 8. The minimum absolute atomic E-state index is 0.0373. The highest BCUT2D eigenvalue weighted by atomic mass is 16.5. The Labute approximate surface area is 232 Å². The van der Waals surface area contributed by atoms with E-state index in [1.807, 2.05) is 12.1 Å². The lowest BCUT2D eigenvalue weighted by molar-refractivity contribution is -0.135. The van der Waals surface area contributed by atoms with Crippen molar-refractivity contribution in [3.8, 4) is 5.75 Å². The van der Waals surface area contributed by atoms with Crippen molar-refractivity contribution in [3.05, 3.63) is 75.6 Å². The number of ether oxygens (including phenoxy) is 1. The maximum absolute atomic E-state index is 12.7. The molecule has 1 heterocycles. The van der Waals surface area contributed by atoms with Gasteiger partial charge in [-0.05, 0) is 67.6 Å². The Balaban J connectivity index is 1.06. The van der Waals surface area contributed by atoms with Gasteiger partial charge in [-0.2, -0.15) is 0 Å². The summed E-state index contributed by atoms with van der Waals surface area (Å²) in [6, 6.07) is 13.8. The van der Waals surface area contributed by atoms with E-state index >= 15 is 0 Å². The second-order valence-corrected chi connectivity index (χ2v) is 10.9. The van der Waals surface area contributed by atoms with Crippen LogP contribution in [-0.2, 0) is 16.1 Å². The van der Waals surface area contributed by atoms with Gasteiger partial charge >= 0.3 is 0 Å². The van der Waals surface area contributed by atoms with Gasteiger partial charge in [-0.25, -0.2) is 0 Å². The number of carbonyl (C=O) groups excluding carboxylic acids is 2. The second-order valence-electron chi connectivity index (χ2n) is 10.9. The summed E-state index contributed by atoms with van der Waals surface area (Å²) in [6.45, 7) is 2.59. The first-order valence-electron chi connectivity index (χ1n) is 13.8. The molecule has 1 aromatic heterocycles. The highest BCUT2D eigenvalue weighted by Gasteiger charge is 2.50. The van der Waals surface area contributed by atoms with Crippen molar-refractivity contribution >= 4 is 23.3 Å². The van der Waals surface area contributed by atoms with Crippen LogP contribution in [0.25, 0.3) is 10.9 Å². The Morgan fingerprint density at radius 1 is 1.18 bits per heavy atom. The Morgan fingerprint density at radius 2 is 1.98 bits per heavy atom. The van der Waals surface area contributed by atoms with E-state index in [2.05, 4.69) is 27.6 Å². The van der Waals surface area contributed by atoms with Crippen LogP contribution < -0.4 is 16.2 Å². The van der Waals surface area contributed by atoms with Gasteiger partial charge < -0.3 is 35.5 Å². The minimum Gasteiger partial charge on any atom is -0.506 e. The van der Waals surface area contributed by atoms with Gasteiger partial charge in [0.2, 0.25) is 5.56 Å². The molecule has 0 radical (unpaired) electrons. The van der Waals surface area contributed by atoms with Crippen molar-refractivity contribution in [1.29, 1.82) is 0 Å². The van der Waals surface area contributed by atoms with E-state index < -0.39 is 6.10 Å². The number of likely N-dealkylation sites (N-methyl/N-ethyl adjacent to an activating group) is 1. The number of H-pyrrole nitrogens is 1. The number of aromatic amines is 1. The van der Waals surface area contributed by atoms with Crippen molar-refractivity contribution in [1.82, 2.24) is 20.5 Å². The van der Waals surface area contributed by atoms with Gasteiger partial charge in [-0.1, -0.05) is 18.2 Å². The molecule has 2 fully saturated rings. The molecule has 40 heavy (non-hydrogen) atoms. The summed E-state index contributed by atoms with van der Waals surface area (Å²) in [5.74, 6) is 0.653. The highest BCUT2D eigenvalue weighted by Crippen LogP contribution is 2.48. The van der Waals surface area contributed by atoms with Crippen molar-refractivity contribution in [3.63, 3.8) is 0 Å². The standard InChI is InChI=1S/C30H36N4O6/c1-34(24-14-20-6-7-23(24)29(20)40-17-35)13-12-32-30(39)19-4-2-18(3-5-19)15-31-16-26(37)21-8-10-25(36)28-22(21)9-11-27(38)33-28/h2-5,8-11,17,20,23-24,26,29,31,36-37H,6-7,12-16H2,1H3,(H,32,39)(H,33,38)/t20-,23+,24-,26+,29+/m0/s1. The molecule has 2 aliphatic carbocycles. The van der Waals surface area contributed by atoms with Crippen LogP contribution in [-0.4, -0.2) is 71.3 Å². The topological polar surface area (TPSA) is 144 Å². The number of benzene rings is 2. The number of hydrogen-bond donors (Lipinski definition) is 5. The molecule has 3 aromatic rings. The fraction of sp³-hybridized carbons (Fsp3) is 0.433. The zero-order valence-electron chi connectivity index (χ0n) is 22.5. The molecule has 0 unspecified atom stereocenters. The quantitative estimate of drug-likeness (QED) is 0.217. The summed E-state index contributed by atoms with van der Waals surface area (Å²) >= 11 is 0. The molecule has 5 atom stereocenters. The summed E-state index contributed by atoms with van der Waals surface area (Å²) in [6.07, 6.45) is 2.43. The van der Waals surface area contributed by atoms with Crippen LogP contribution in [0.2, 0.25) is 0 Å². The molecule has 10 nitrogen and oxygen atoms in total. The fourth-order valence-electron chi connectivity index (χ4n) is 6.42. The van der Waals surface area contributed by atoms with Gasteiger partial charge in [0.15, 0.2) is 0 Å². The molecule has 0 aliphatic heterocycles. The van der Waals surface area contributed by atoms with Crippen LogP contribution in [0.4, 0.5) is 0 Å². The van der Waals surface area contributed by atoms with Crippen LogP contribution in [0.15, 0.2) is 53.3 Å². The Kier molecular flexibility index (Phi) is 8.49. The van der Waals surface area contributed by atoms with Crippen molar-refractivity contribution in [2.45, 2.75) is 44.1 Å². The number of rotatable bonds is 12. The number of phenolic OH excluding ortho intramolecular Hbond substituents is 1. The third-order valence-electron chi connectivity index (χ3n) is 8.47. The van der Waals surface area contributed by atoms with Crippen LogP contribution in [0, 0.1) is 11.8 Å². The first-order valence-corrected chi connectivity index (χ1v) is 13.8. The van der Waals surface area contributed by atoms with E-state index in [0.29, 0.717) is 59.5 Å². The van der Waals surface area contributed by atoms with Crippen molar-refractivity contribution < 1.29 is 24.5 Å². The van der Waals surface area contributed by atoms with Crippen LogP contribution in [0.3, 0.4) is 0 Å². The minimum atomic E-state index is -0.847. The molecule has 0 saturated heterocycles. The molecule has 10 heteroatoms. The SMILES string of the molecule is CN(CCNC(=O)c1ccc(CNC[C@@H](O)c2ccc(O)c3[nH]c(=O)ccc23)cc1)[C@H]1C[C@@H]2CC[C@H]1[C@@H]2OC=O. The first kappa shape index (κ1) is 27.8. The average Bonchev–Trinajstić information content (AvgIpc) is 3.51. The lowest BCUT2D eigenvalue weighted by Gasteiger charge is -2.31. The number of aliphatic hydroxyl groups excluding tert-OH is 1. The largest absolute Gasteiger partial charge is 0.506 e. The number of nitrogens with one attached hydrogen (secondary N) is 3. The number of carbonyl (C=O) groups is 2. The van der Waals surface area contributed by atoms with Gasteiger partial charge in [-0.15, -0.1) is 0 Å². The number of aromatic hydroxyl groups is 1. The van der Waals surface area contributed by atoms with E-state index in [1.54, 1.807) is 24.3 Å². The predicted molar refractivity (Wildman–Crippen MR) is 150 cm³/mol. The summed E-state index contributed by atoms with van der Waals surface area (Å²) in [4.78, 5) is 40.0. The Morgan fingerprint density at radius 3 is 2.75 bits per heavy atom. The van der Waals surface area contributed by atoms with Gasteiger partial charge in [0, 0.05) is 55.2 Å². The molecule has 5 rings (SSSR count). The fourth-order valence-corrected chi connectivity index (χ4v) is 6.42. The van der Waals surface area contributed by atoms with Gasteiger partial charge in [0.05, 0.1) is 11.6 Å². The molecule has 1 amide bonds. The zero-order valence-corrected chi connectivity index (χ0v) is 22.5. The Bertz CT molecular complexity index is 1410. The lowest BCUT2D eigenvalue weighted by Crippen LogP contribution is -2.42. The number of amides is 1. The highest BCUT2D eigenvalue weighted by molar-refractivity contribution is 5.94. The molecule has 2 saturated carbocycles. The molecule has 5 N–H and O–H groups in total. The summed E-state index contributed by atoms with van der Waals surface area (Å²) < 4.78 is 5.35. The van der Waals surface area contributed by atoms with Gasteiger partial charge in [-0.3, -0.25) is 14.4 Å². The van der Waals surface area contributed by atoms with Crippen LogP contribution in [0.5, 0.6) is 5.75 Å². The lowest BCUT2D eigenvalue weighted by atomic mass is 9.94. The van der Waals surface area contributed by atoms with E-state index in [-0.39, 0.29) is 29.9 Å². The number of pyridine rings is 1. The molecule has 212 valence electrons. The monoisotopic (exact) mass is 548 g/mol. The van der Waals surface area contributed by atoms with Crippen LogP contribution in [0.1, 0.15) is 46.9 Å².